The maximum Gasteiger partial charge on any atom is 0.242 e. The van der Waals surface area contributed by atoms with E-state index >= 15 is 0 Å². The van der Waals surface area contributed by atoms with E-state index in [4.69, 9.17) is 28.2 Å². The Hall–Kier alpha value is -3.56. The zero-order valence-electron chi connectivity index (χ0n) is 24.3. The van der Waals surface area contributed by atoms with E-state index in [0.717, 1.165) is 47.1 Å². The van der Waals surface area contributed by atoms with Crippen LogP contribution in [0.1, 0.15) is 37.9 Å². The molecule has 1 saturated heterocycles. The van der Waals surface area contributed by atoms with E-state index in [1.165, 1.54) is 24.1 Å². The highest BCUT2D eigenvalue weighted by molar-refractivity contribution is 6.39. The summed E-state index contributed by atoms with van der Waals surface area (Å²) in [6.07, 6.45) is 10.4. The van der Waals surface area contributed by atoms with E-state index in [0.29, 0.717) is 42.3 Å². The number of carbonyl (C=O) groups is 1. The molecule has 1 fully saturated rings. The molecule has 3 aromatic heterocycles. The third-order valence-corrected chi connectivity index (χ3v) is 9.02. The lowest BCUT2D eigenvalue weighted by molar-refractivity contribution is -0.129. The number of fused-ring (bicyclic) bond motifs is 2. The fourth-order valence-corrected chi connectivity index (χ4v) is 6.61. The number of amides is 1. The molecule has 0 radical (unpaired) electrons. The first kappa shape index (κ1) is 28.6. The van der Waals surface area contributed by atoms with Crippen LogP contribution < -0.4 is 15.1 Å². The summed E-state index contributed by atoms with van der Waals surface area (Å²) in [4.78, 5) is 33.3. The van der Waals surface area contributed by atoms with Crippen molar-refractivity contribution in [2.45, 2.75) is 46.1 Å². The molecule has 2 aliphatic heterocycles. The van der Waals surface area contributed by atoms with Crippen molar-refractivity contribution in [1.82, 2.24) is 24.3 Å². The lowest BCUT2D eigenvalue weighted by Gasteiger charge is -2.37. The van der Waals surface area contributed by atoms with Crippen LogP contribution in [-0.4, -0.2) is 75.5 Å². The molecule has 0 aliphatic carbocycles. The minimum atomic E-state index is 0.0298. The van der Waals surface area contributed by atoms with E-state index in [-0.39, 0.29) is 12.5 Å². The van der Waals surface area contributed by atoms with Crippen molar-refractivity contribution in [2.75, 3.05) is 54.4 Å². The number of halogens is 2. The quantitative estimate of drug-likeness (QED) is 0.301. The van der Waals surface area contributed by atoms with Crippen molar-refractivity contribution >= 4 is 51.9 Å². The average molecular weight is 608 g/mol. The van der Waals surface area contributed by atoms with Gasteiger partial charge < -0.3 is 20.0 Å². The molecule has 0 saturated carbocycles. The molecule has 0 unspecified atom stereocenters. The predicted octanol–water partition coefficient (Wildman–Crippen LogP) is 5.72. The molecule has 220 valence electrons. The topological polar surface area (TPSA) is 81.9 Å². The number of anilines is 3. The van der Waals surface area contributed by atoms with E-state index < -0.39 is 0 Å². The third-order valence-electron chi connectivity index (χ3n) is 8.29. The van der Waals surface area contributed by atoms with Gasteiger partial charge in [0.1, 0.15) is 11.5 Å². The molecule has 4 aromatic rings. The van der Waals surface area contributed by atoms with Crippen LogP contribution in [0.4, 0.5) is 17.2 Å². The molecule has 0 bridgehead atoms. The van der Waals surface area contributed by atoms with Crippen LogP contribution in [0.5, 0.6) is 0 Å². The molecule has 2 aliphatic rings. The van der Waals surface area contributed by atoms with Crippen LogP contribution in [0.25, 0.3) is 16.9 Å². The van der Waals surface area contributed by atoms with Gasteiger partial charge in [-0.3, -0.25) is 19.2 Å². The number of carbonyl (C=O) groups excluding carboxylic acids is 1. The Morgan fingerprint density at radius 3 is 2.67 bits per heavy atom. The molecular weight excluding hydrogens is 571 g/mol. The molecule has 6 rings (SSSR count). The van der Waals surface area contributed by atoms with Gasteiger partial charge in [0.2, 0.25) is 5.91 Å². The normalized spacial score (nSPS) is 15.7. The molecule has 1 amide bonds. The molecule has 5 heterocycles. The summed E-state index contributed by atoms with van der Waals surface area (Å²) in [6.45, 7) is 10.0. The van der Waals surface area contributed by atoms with Gasteiger partial charge >= 0.3 is 0 Å². The van der Waals surface area contributed by atoms with E-state index in [1.807, 2.05) is 22.4 Å². The molecule has 0 atom stereocenters. The van der Waals surface area contributed by atoms with Gasteiger partial charge in [-0.25, -0.2) is 4.98 Å². The van der Waals surface area contributed by atoms with Crippen molar-refractivity contribution in [2.24, 2.45) is 0 Å². The summed E-state index contributed by atoms with van der Waals surface area (Å²) in [5.41, 5.74) is 6.77. The number of rotatable bonds is 6. The van der Waals surface area contributed by atoms with Crippen LogP contribution in [0, 0.1) is 6.92 Å². The van der Waals surface area contributed by atoms with Crippen molar-refractivity contribution in [3.8, 4) is 11.3 Å². The first-order chi connectivity index (χ1) is 20.3. The SMILES string of the molecule is Cc1ncc(Cl)c(N2CCN(C(=O)CNc3c(-c4ccc5c(c4)CCCCN5C(C)C)nc4cnccn34)CC2)c1Cl. The predicted molar refractivity (Wildman–Crippen MR) is 170 cm³/mol. The molecule has 9 nitrogen and oxygen atoms in total. The number of piperazine rings is 1. The van der Waals surface area contributed by atoms with Crippen LogP contribution in [0.3, 0.4) is 0 Å². The van der Waals surface area contributed by atoms with E-state index in [9.17, 15) is 4.79 Å². The summed E-state index contributed by atoms with van der Waals surface area (Å²) < 4.78 is 1.97. The minimum Gasteiger partial charge on any atom is -0.369 e. The zero-order chi connectivity index (χ0) is 29.4. The van der Waals surface area contributed by atoms with Gasteiger partial charge in [-0.05, 0) is 57.7 Å². The Labute approximate surface area is 256 Å². The Morgan fingerprint density at radius 2 is 1.88 bits per heavy atom. The number of hydrogen-bond acceptors (Lipinski definition) is 7. The highest BCUT2D eigenvalue weighted by Gasteiger charge is 2.26. The van der Waals surface area contributed by atoms with Crippen LogP contribution in [-0.2, 0) is 11.2 Å². The number of nitrogens with one attached hydrogen (secondary N) is 1. The maximum absolute atomic E-state index is 13.4. The molecule has 1 N–H and O–H groups in total. The fourth-order valence-electron chi connectivity index (χ4n) is 6.03. The third kappa shape index (κ3) is 5.47. The van der Waals surface area contributed by atoms with Gasteiger partial charge in [0.25, 0.3) is 0 Å². The van der Waals surface area contributed by atoms with Crippen LogP contribution in [0.15, 0.2) is 43.0 Å². The lowest BCUT2D eigenvalue weighted by Crippen LogP contribution is -2.50. The molecular formula is C31H36Cl2N8O. The van der Waals surface area contributed by atoms with E-state index in [2.05, 4.69) is 57.1 Å². The van der Waals surface area contributed by atoms with Crippen molar-refractivity contribution in [3.05, 3.63) is 64.3 Å². The Morgan fingerprint density at radius 1 is 1.07 bits per heavy atom. The fraction of sp³-hybridized carbons (Fsp3) is 0.419. The van der Waals surface area contributed by atoms with Gasteiger partial charge in [-0.15, -0.1) is 0 Å². The second-order valence-electron chi connectivity index (χ2n) is 11.3. The van der Waals surface area contributed by atoms with Gasteiger partial charge in [-0.2, -0.15) is 0 Å². The summed E-state index contributed by atoms with van der Waals surface area (Å²) >= 11 is 13.0. The van der Waals surface area contributed by atoms with Crippen molar-refractivity contribution in [1.29, 1.82) is 0 Å². The Balaban J connectivity index is 1.20. The van der Waals surface area contributed by atoms with Crippen molar-refractivity contribution < 1.29 is 4.79 Å². The monoisotopic (exact) mass is 606 g/mol. The smallest absolute Gasteiger partial charge is 0.242 e. The first-order valence-corrected chi connectivity index (χ1v) is 15.4. The second kappa shape index (κ2) is 12.0. The summed E-state index contributed by atoms with van der Waals surface area (Å²) in [5, 5.41) is 4.51. The van der Waals surface area contributed by atoms with Gasteiger partial charge in [-0.1, -0.05) is 29.3 Å². The number of imidazole rings is 1. The highest BCUT2D eigenvalue weighted by Crippen LogP contribution is 2.36. The summed E-state index contributed by atoms with van der Waals surface area (Å²) in [5.74, 6) is 0.821. The van der Waals surface area contributed by atoms with Crippen molar-refractivity contribution in [3.63, 3.8) is 0 Å². The van der Waals surface area contributed by atoms with Gasteiger partial charge in [0.15, 0.2) is 5.65 Å². The van der Waals surface area contributed by atoms with Gasteiger partial charge in [0.05, 0.1) is 34.2 Å². The van der Waals surface area contributed by atoms with Crippen LogP contribution in [0.2, 0.25) is 10.0 Å². The summed E-state index contributed by atoms with van der Waals surface area (Å²) in [7, 11) is 0. The van der Waals surface area contributed by atoms with Gasteiger partial charge in [0, 0.05) is 68.6 Å². The standard InChI is InChI=1S/C31H36Cl2N8O/c1-20(2)40-10-5-4-6-22-16-23(7-8-25(22)40)29-31(41-11-9-34-18-26(41)37-29)36-19-27(42)38-12-14-39(15-13-38)30-24(32)17-35-21(3)28(30)33/h7-9,11,16-18,20,36H,4-6,10,12-15,19H2,1-3H3. The number of aromatic nitrogens is 4. The Bertz CT molecular complexity index is 1610. The number of nitrogens with zero attached hydrogens (tertiary/aromatic N) is 7. The molecule has 11 heteroatoms. The molecule has 1 aromatic carbocycles. The first-order valence-electron chi connectivity index (χ1n) is 14.6. The highest BCUT2D eigenvalue weighted by atomic mass is 35.5. The average Bonchev–Trinajstić information content (AvgIpc) is 3.22. The zero-order valence-corrected chi connectivity index (χ0v) is 25.8. The second-order valence-corrected chi connectivity index (χ2v) is 12.1. The lowest BCUT2D eigenvalue weighted by atomic mass is 10.0. The van der Waals surface area contributed by atoms with Crippen LogP contribution >= 0.6 is 23.2 Å². The number of aryl methyl sites for hydroxylation is 2. The minimum absolute atomic E-state index is 0.0298. The summed E-state index contributed by atoms with van der Waals surface area (Å²) in [6, 6.07) is 7.10. The molecule has 42 heavy (non-hydrogen) atoms. The maximum atomic E-state index is 13.4. The Kier molecular flexibility index (Phi) is 8.14. The number of benzene rings is 1. The number of pyridine rings is 1. The largest absolute Gasteiger partial charge is 0.369 e. The van der Waals surface area contributed by atoms with E-state index in [1.54, 1.807) is 18.6 Å². The molecule has 0 spiro atoms. The number of hydrogen-bond donors (Lipinski definition) is 1.